The van der Waals surface area contributed by atoms with E-state index in [1.807, 2.05) is 30.3 Å². The van der Waals surface area contributed by atoms with Crippen molar-refractivity contribution in [2.24, 2.45) is 5.16 Å². The van der Waals surface area contributed by atoms with Crippen molar-refractivity contribution < 1.29 is 9.94 Å². The molecular formula is C14H11Br2NO2. The molecule has 19 heavy (non-hydrogen) atoms. The summed E-state index contributed by atoms with van der Waals surface area (Å²) in [6, 6.07) is 13.3. The first-order valence-corrected chi connectivity index (χ1v) is 7.12. The number of aromatic hydroxyl groups is 1. The SMILES string of the molecule is Oc1c(Br)cc(Br)cc1/C=N/OCc1ccccc1. The highest BCUT2D eigenvalue weighted by Gasteiger charge is 2.05. The van der Waals surface area contributed by atoms with Crippen LogP contribution in [-0.2, 0) is 11.4 Å². The zero-order valence-electron chi connectivity index (χ0n) is 9.88. The van der Waals surface area contributed by atoms with E-state index in [1.54, 1.807) is 12.1 Å². The molecule has 0 saturated carbocycles. The molecule has 0 unspecified atom stereocenters. The number of phenolic OH excluding ortho intramolecular Hbond substituents is 1. The minimum Gasteiger partial charge on any atom is -0.506 e. The van der Waals surface area contributed by atoms with Crippen LogP contribution in [0.3, 0.4) is 0 Å². The van der Waals surface area contributed by atoms with E-state index in [-0.39, 0.29) is 5.75 Å². The highest BCUT2D eigenvalue weighted by Crippen LogP contribution is 2.30. The molecule has 0 saturated heterocycles. The summed E-state index contributed by atoms with van der Waals surface area (Å²) in [6.07, 6.45) is 1.48. The van der Waals surface area contributed by atoms with Gasteiger partial charge in [-0.2, -0.15) is 0 Å². The minimum atomic E-state index is 0.135. The van der Waals surface area contributed by atoms with Gasteiger partial charge in [0.15, 0.2) is 0 Å². The molecule has 0 spiro atoms. The number of hydrogen-bond donors (Lipinski definition) is 1. The van der Waals surface area contributed by atoms with Crippen molar-refractivity contribution in [1.29, 1.82) is 0 Å². The Morgan fingerprint density at radius 1 is 1.16 bits per heavy atom. The van der Waals surface area contributed by atoms with Gasteiger partial charge >= 0.3 is 0 Å². The largest absolute Gasteiger partial charge is 0.506 e. The van der Waals surface area contributed by atoms with Gasteiger partial charge in [-0.25, -0.2) is 0 Å². The lowest BCUT2D eigenvalue weighted by molar-refractivity contribution is 0.132. The summed E-state index contributed by atoms with van der Waals surface area (Å²) >= 11 is 6.61. The van der Waals surface area contributed by atoms with Crippen LogP contribution in [0.5, 0.6) is 5.75 Å². The summed E-state index contributed by atoms with van der Waals surface area (Å²) < 4.78 is 1.45. The maximum atomic E-state index is 9.82. The normalized spacial score (nSPS) is 10.8. The number of oxime groups is 1. The fourth-order valence-electron chi connectivity index (χ4n) is 1.46. The molecule has 2 aromatic carbocycles. The Kier molecular flexibility index (Phi) is 4.99. The van der Waals surface area contributed by atoms with E-state index in [0.29, 0.717) is 16.6 Å². The third-order valence-electron chi connectivity index (χ3n) is 2.40. The van der Waals surface area contributed by atoms with E-state index in [2.05, 4.69) is 37.0 Å². The van der Waals surface area contributed by atoms with Crippen molar-refractivity contribution in [2.75, 3.05) is 0 Å². The third kappa shape index (κ3) is 4.08. The molecule has 98 valence electrons. The Labute approximate surface area is 128 Å². The quantitative estimate of drug-likeness (QED) is 0.624. The van der Waals surface area contributed by atoms with Crippen LogP contribution in [0.1, 0.15) is 11.1 Å². The van der Waals surface area contributed by atoms with Crippen LogP contribution < -0.4 is 0 Å². The van der Waals surface area contributed by atoms with Crippen molar-refractivity contribution in [1.82, 2.24) is 0 Å². The van der Waals surface area contributed by atoms with Crippen molar-refractivity contribution >= 4 is 38.1 Å². The molecular weight excluding hydrogens is 374 g/mol. The summed E-state index contributed by atoms with van der Waals surface area (Å²) in [5.74, 6) is 0.135. The van der Waals surface area contributed by atoms with Gasteiger partial charge in [0.2, 0.25) is 0 Å². The van der Waals surface area contributed by atoms with Crippen molar-refractivity contribution in [2.45, 2.75) is 6.61 Å². The van der Waals surface area contributed by atoms with Gasteiger partial charge in [0.25, 0.3) is 0 Å². The number of benzene rings is 2. The lowest BCUT2D eigenvalue weighted by atomic mass is 10.2. The van der Waals surface area contributed by atoms with Crippen molar-refractivity contribution in [3.63, 3.8) is 0 Å². The maximum absolute atomic E-state index is 9.82. The van der Waals surface area contributed by atoms with Gasteiger partial charge in [0.1, 0.15) is 12.4 Å². The third-order valence-corrected chi connectivity index (χ3v) is 3.46. The summed E-state index contributed by atoms with van der Waals surface area (Å²) in [7, 11) is 0. The van der Waals surface area contributed by atoms with Crippen molar-refractivity contribution in [3.8, 4) is 5.75 Å². The van der Waals surface area contributed by atoms with Gasteiger partial charge in [-0.15, -0.1) is 0 Å². The molecule has 0 radical (unpaired) electrons. The lowest BCUT2D eigenvalue weighted by Gasteiger charge is -2.03. The van der Waals surface area contributed by atoms with Crippen LogP contribution in [0.15, 0.2) is 56.6 Å². The Bertz CT molecular complexity index is 585. The van der Waals surface area contributed by atoms with Gasteiger partial charge in [-0.05, 0) is 33.6 Å². The van der Waals surface area contributed by atoms with Crippen LogP contribution in [-0.4, -0.2) is 11.3 Å². The van der Waals surface area contributed by atoms with Gasteiger partial charge < -0.3 is 9.94 Å². The van der Waals surface area contributed by atoms with E-state index >= 15 is 0 Å². The Morgan fingerprint density at radius 2 is 1.89 bits per heavy atom. The van der Waals surface area contributed by atoms with Gasteiger partial charge in [-0.1, -0.05) is 51.4 Å². The zero-order chi connectivity index (χ0) is 13.7. The van der Waals surface area contributed by atoms with E-state index < -0.39 is 0 Å². The molecule has 0 aliphatic carbocycles. The van der Waals surface area contributed by atoms with E-state index in [4.69, 9.17) is 4.84 Å². The molecule has 2 rings (SSSR count). The number of nitrogens with zero attached hydrogens (tertiary/aromatic N) is 1. The van der Waals surface area contributed by atoms with Crippen LogP contribution in [0.4, 0.5) is 0 Å². The molecule has 0 atom stereocenters. The summed E-state index contributed by atoms with van der Waals surface area (Å²) in [4.78, 5) is 5.19. The molecule has 0 aliphatic rings. The van der Waals surface area contributed by atoms with Crippen LogP contribution in [0, 0.1) is 0 Å². The van der Waals surface area contributed by atoms with Gasteiger partial charge in [0.05, 0.1) is 10.7 Å². The van der Waals surface area contributed by atoms with Crippen LogP contribution >= 0.6 is 31.9 Å². The predicted octanol–water partition coefficient (Wildman–Crippen LogP) is 4.47. The smallest absolute Gasteiger partial charge is 0.142 e. The molecule has 0 aromatic heterocycles. The monoisotopic (exact) mass is 383 g/mol. The highest BCUT2D eigenvalue weighted by atomic mass is 79.9. The fourth-order valence-corrected chi connectivity index (χ4v) is 2.72. The van der Waals surface area contributed by atoms with Crippen LogP contribution in [0.25, 0.3) is 0 Å². The average Bonchev–Trinajstić information content (AvgIpc) is 2.41. The summed E-state index contributed by atoms with van der Waals surface area (Å²) in [5.41, 5.74) is 1.62. The van der Waals surface area contributed by atoms with Gasteiger partial charge in [-0.3, -0.25) is 0 Å². The summed E-state index contributed by atoms with van der Waals surface area (Å²) in [5, 5.41) is 13.7. The lowest BCUT2D eigenvalue weighted by Crippen LogP contribution is -1.89. The highest BCUT2D eigenvalue weighted by molar-refractivity contribution is 9.11. The molecule has 0 aliphatic heterocycles. The molecule has 0 bridgehead atoms. The second-order valence-corrected chi connectivity index (χ2v) is 5.59. The van der Waals surface area contributed by atoms with Gasteiger partial charge in [0, 0.05) is 10.0 Å². The molecule has 0 heterocycles. The number of phenols is 1. The Hall–Kier alpha value is -1.33. The minimum absolute atomic E-state index is 0.135. The predicted molar refractivity (Wildman–Crippen MR) is 82.3 cm³/mol. The number of hydrogen-bond acceptors (Lipinski definition) is 3. The first kappa shape index (κ1) is 14.1. The number of rotatable bonds is 4. The molecule has 5 heteroatoms. The zero-order valence-corrected chi connectivity index (χ0v) is 13.1. The first-order chi connectivity index (χ1) is 9.16. The molecule has 0 amide bonds. The molecule has 3 nitrogen and oxygen atoms in total. The standard InChI is InChI=1S/C14H11Br2NO2/c15-12-6-11(14(18)13(16)7-12)8-17-19-9-10-4-2-1-3-5-10/h1-8,18H,9H2/b17-8+. The first-order valence-electron chi connectivity index (χ1n) is 5.54. The van der Waals surface area contributed by atoms with E-state index in [9.17, 15) is 5.11 Å². The Morgan fingerprint density at radius 3 is 2.63 bits per heavy atom. The Balaban J connectivity index is 2.00. The number of halogens is 2. The van der Waals surface area contributed by atoms with Crippen molar-refractivity contribution in [3.05, 3.63) is 62.5 Å². The maximum Gasteiger partial charge on any atom is 0.142 e. The fraction of sp³-hybridized carbons (Fsp3) is 0.0714. The molecule has 0 fully saturated rings. The second-order valence-electron chi connectivity index (χ2n) is 3.82. The topological polar surface area (TPSA) is 41.8 Å². The van der Waals surface area contributed by atoms with E-state index in [0.717, 1.165) is 10.0 Å². The van der Waals surface area contributed by atoms with Crippen LogP contribution in [0.2, 0.25) is 0 Å². The van der Waals surface area contributed by atoms with E-state index in [1.165, 1.54) is 6.21 Å². The average molecular weight is 385 g/mol. The molecule has 1 N–H and O–H groups in total. The summed E-state index contributed by atoms with van der Waals surface area (Å²) in [6.45, 7) is 0.396. The molecule has 2 aromatic rings. The second kappa shape index (κ2) is 6.73.